The van der Waals surface area contributed by atoms with E-state index in [0.29, 0.717) is 30.5 Å². The maximum Gasteiger partial charge on any atom is 0.344 e. The van der Waals surface area contributed by atoms with Crippen molar-refractivity contribution in [3.8, 4) is 22.9 Å². The van der Waals surface area contributed by atoms with Crippen LogP contribution >= 0.6 is 0 Å². The first-order valence-electron chi connectivity index (χ1n) is 8.06. The van der Waals surface area contributed by atoms with Gasteiger partial charge in [-0.2, -0.15) is 0 Å². The van der Waals surface area contributed by atoms with E-state index in [1.807, 2.05) is 19.1 Å². The van der Waals surface area contributed by atoms with E-state index in [-0.39, 0.29) is 6.61 Å². The smallest absolute Gasteiger partial charge is 0.344 e. The zero-order chi connectivity index (χ0) is 17.6. The molecule has 7 heteroatoms. The van der Waals surface area contributed by atoms with Crippen molar-refractivity contribution in [1.29, 1.82) is 0 Å². The van der Waals surface area contributed by atoms with Crippen LogP contribution in [0.25, 0.3) is 22.4 Å². The summed E-state index contributed by atoms with van der Waals surface area (Å²) in [4.78, 5) is 23.3. The third-order valence-electron chi connectivity index (χ3n) is 3.46. The first kappa shape index (κ1) is 16.8. The second-order valence-electron chi connectivity index (χ2n) is 5.16. The summed E-state index contributed by atoms with van der Waals surface area (Å²) in [6.45, 7) is 4.33. The van der Waals surface area contributed by atoms with Gasteiger partial charge in [0.15, 0.2) is 6.61 Å². The van der Waals surface area contributed by atoms with Gasteiger partial charge in [0.2, 0.25) is 0 Å². The molecule has 25 heavy (non-hydrogen) atoms. The van der Waals surface area contributed by atoms with Crippen molar-refractivity contribution in [2.45, 2.75) is 13.8 Å². The lowest BCUT2D eigenvalue weighted by molar-refractivity contribution is -0.145. The number of fused-ring (bicyclic) bond motifs is 1. The minimum atomic E-state index is -0.408. The van der Waals surface area contributed by atoms with Crippen LogP contribution < -0.4 is 9.47 Å². The number of aromatic amines is 1. The molecule has 0 amide bonds. The molecule has 0 saturated heterocycles. The number of hydrogen-bond donors (Lipinski definition) is 1. The third-order valence-corrected chi connectivity index (χ3v) is 3.46. The van der Waals surface area contributed by atoms with E-state index in [9.17, 15) is 4.79 Å². The Balaban J connectivity index is 1.87. The Kier molecular flexibility index (Phi) is 5.13. The Labute approximate surface area is 145 Å². The Hall–Kier alpha value is -3.09. The van der Waals surface area contributed by atoms with Crippen molar-refractivity contribution >= 4 is 17.0 Å². The molecule has 0 unspecified atom stereocenters. The average molecular weight is 341 g/mol. The normalized spacial score (nSPS) is 10.6. The number of imidazole rings is 1. The number of carbonyl (C=O) groups is 1. The summed E-state index contributed by atoms with van der Waals surface area (Å²) in [6, 6.07) is 7.21. The summed E-state index contributed by atoms with van der Waals surface area (Å²) in [6.07, 6.45) is 3.41. The molecule has 0 bridgehead atoms. The molecule has 3 aromatic rings. The predicted octanol–water partition coefficient (Wildman–Crippen LogP) is 2.97. The monoisotopic (exact) mass is 341 g/mol. The van der Waals surface area contributed by atoms with E-state index >= 15 is 0 Å². The number of nitrogens with zero attached hydrogens (tertiary/aromatic N) is 2. The number of rotatable bonds is 7. The van der Waals surface area contributed by atoms with Crippen LogP contribution in [-0.2, 0) is 9.53 Å². The van der Waals surface area contributed by atoms with Gasteiger partial charge in [-0.25, -0.2) is 9.78 Å². The largest absolute Gasteiger partial charge is 0.493 e. The van der Waals surface area contributed by atoms with E-state index in [1.54, 1.807) is 31.5 Å². The van der Waals surface area contributed by atoms with Gasteiger partial charge in [0.25, 0.3) is 0 Å². The van der Waals surface area contributed by atoms with Crippen LogP contribution in [0, 0.1) is 0 Å². The van der Waals surface area contributed by atoms with Crippen LogP contribution in [0.15, 0.2) is 36.7 Å². The number of pyridine rings is 1. The van der Waals surface area contributed by atoms with Crippen LogP contribution in [0.1, 0.15) is 13.8 Å². The Bertz CT molecular complexity index is 843. The minimum absolute atomic E-state index is 0.144. The first-order chi connectivity index (χ1) is 12.2. The van der Waals surface area contributed by atoms with E-state index < -0.39 is 5.97 Å². The van der Waals surface area contributed by atoms with Crippen molar-refractivity contribution < 1.29 is 19.0 Å². The summed E-state index contributed by atoms with van der Waals surface area (Å²) in [5.41, 5.74) is 2.49. The molecule has 2 aromatic heterocycles. The Morgan fingerprint density at radius 2 is 2.04 bits per heavy atom. The number of esters is 1. The van der Waals surface area contributed by atoms with Gasteiger partial charge in [-0.3, -0.25) is 4.98 Å². The van der Waals surface area contributed by atoms with E-state index in [4.69, 9.17) is 14.2 Å². The van der Waals surface area contributed by atoms with Crippen molar-refractivity contribution in [2.75, 3.05) is 19.8 Å². The van der Waals surface area contributed by atoms with Gasteiger partial charge in [0.1, 0.15) is 22.8 Å². The Morgan fingerprint density at radius 3 is 2.80 bits per heavy atom. The summed E-state index contributed by atoms with van der Waals surface area (Å²) < 4.78 is 16.0. The molecule has 0 aliphatic carbocycles. The standard InChI is InChI=1S/C18H19N3O4/c1-3-23-16-9-12(25-11-17(22)24-4-2)5-6-13(16)18-20-14-7-8-19-10-15(14)21-18/h5-10H,3-4,11H2,1-2H3,(H,20,21). The second-order valence-corrected chi connectivity index (χ2v) is 5.16. The molecule has 0 atom stereocenters. The second kappa shape index (κ2) is 7.65. The third kappa shape index (κ3) is 3.88. The maximum absolute atomic E-state index is 11.4. The molecule has 0 spiro atoms. The number of carbonyl (C=O) groups excluding carboxylic acids is 1. The minimum Gasteiger partial charge on any atom is -0.493 e. The number of benzene rings is 1. The Morgan fingerprint density at radius 1 is 1.16 bits per heavy atom. The maximum atomic E-state index is 11.4. The topological polar surface area (TPSA) is 86.3 Å². The van der Waals surface area contributed by atoms with E-state index in [2.05, 4.69) is 15.0 Å². The van der Waals surface area contributed by atoms with Gasteiger partial charge in [-0.05, 0) is 32.0 Å². The molecule has 1 aromatic carbocycles. The SMILES string of the molecule is CCOC(=O)COc1ccc(-c2nc3cnccc3[nH]2)c(OCC)c1. The molecule has 0 aliphatic heterocycles. The molecule has 0 aliphatic rings. The van der Waals surface area contributed by atoms with Gasteiger partial charge in [-0.15, -0.1) is 0 Å². The van der Waals surface area contributed by atoms with Gasteiger partial charge < -0.3 is 19.2 Å². The predicted molar refractivity (Wildman–Crippen MR) is 92.6 cm³/mol. The van der Waals surface area contributed by atoms with Crippen LogP contribution in [0.3, 0.4) is 0 Å². The highest BCUT2D eigenvalue weighted by Gasteiger charge is 2.13. The van der Waals surface area contributed by atoms with Crippen LogP contribution in [0.4, 0.5) is 0 Å². The summed E-state index contributed by atoms with van der Waals surface area (Å²) in [5.74, 6) is 1.42. The molecule has 2 heterocycles. The highest BCUT2D eigenvalue weighted by molar-refractivity contribution is 5.80. The molecule has 1 N–H and O–H groups in total. The van der Waals surface area contributed by atoms with Crippen LogP contribution in [0.5, 0.6) is 11.5 Å². The lowest BCUT2D eigenvalue weighted by Crippen LogP contribution is -2.14. The van der Waals surface area contributed by atoms with Crippen molar-refractivity contribution in [1.82, 2.24) is 15.0 Å². The highest BCUT2D eigenvalue weighted by atomic mass is 16.6. The van der Waals surface area contributed by atoms with Gasteiger partial charge in [0, 0.05) is 12.3 Å². The molecule has 7 nitrogen and oxygen atoms in total. The number of hydrogen-bond acceptors (Lipinski definition) is 6. The lowest BCUT2D eigenvalue weighted by atomic mass is 10.2. The molecular formula is C18H19N3O4. The fraction of sp³-hybridized carbons (Fsp3) is 0.278. The molecule has 0 saturated carbocycles. The fourth-order valence-electron chi connectivity index (χ4n) is 2.39. The fourth-order valence-corrected chi connectivity index (χ4v) is 2.39. The zero-order valence-electron chi connectivity index (χ0n) is 14.1. The molecule has 0 radical (unpaired) electrons. The first-order valence-corrected chi connectivity index (χ1v) is 8.06. The van der Waals surface area contributed by atoms with Crippen LogP contribution in [-0.4, -0.2) is 40.7 Å². The van der Waals surface area contributed by atoms with Gasteiger partial charge >= 0.3 is 5.97 Å². The summed E-state index contributed by atoms with van der Waals surface area (Å²) >= 11 is 0. The van der Waals surface area contributed by atoms with Crippen molar-refractivity contribution in [3.05, 3.63) is 36.7 Å². The van der Waals surface area contributed by atoms with Gasteiger partial charge in [0.05, 0.1) is 30.5 Å². The van der Waals surface area contributed by atoms with Gasteiger partial charge in [-0.1, -0.05) is 0 Å². The van der Waals surface area contributed by atoms with Crippen molar-refractivity contribution in [2.24, 2.45) is 0 Å². The molecule has 130 valence electrons. The molecule has 0 fully saturated rings. The number of aromatic nitrogens is 3. The summed E-state index contributed by atoms with van der Waals surface area (Å²) in [5, 5.41) is 0. The van der Waals surface area contributed by atoms with E-state index in [0.717, 1.165) is 16.6 Å². The summed E-state index contributed by atoms with van der Waals surface area (Å²) in [7, 11) is 0. The molecular weight excluding hydrogens is 322 g/mol. The number of ether oxygens (including phenoxy) is 3. The lowest BCUT2D eigenvalue weighted by Gasteiger charge is -2.11. The average Bonchev–Trinajstić information content (AvgIpc) is 3.04. The van der Waals surface area contributed by atoms with E-state index in [1.165, 1.54) is 0 Å². The quantitative estimate of drug-likeness (QED) is 0.665. The molecule has 3 rings (SSSR count). The highest BCUT2D eigenvalue weighted by Crippen LogP contribution is 2.33. The number of H-pyrrole nitrogens is 1. The number of nitrogens with one attached hydrogen (secondary N) is 1. The van der Waals surface area contributed by atoms with Crippen molar-refractivity contribution in [3.63, 3.8) is 0 Å². The van der Waals surface area contributed by atoms with Crippen LogP contribution in [0.2, 0.25) is 0 Å². The zero-order valence-corrected chi connectivity index (χ0v) is 14.1.